The van der Waals surface area contributed by atoms with Crippen LogP contribution in [-0.4, -0.2) is 34.0 Å². The summed E-state index contributed by atoms with van der Waals surface area (Å²) in [5.41, 5.74) is -1.65. The number of carbonyl (C=O) groups excluding carboxylic acids is 1. The quantitative estimate of drug-likeness (QED) is 0.653. The van der Waals surface area contributed by atoms with Crippen molar-refractivity contribution < 1.29 is 19.7 Å². The minimum Gasteiger partial charge on any atom is -0.461 e. The molecule has 1 heterocycles. The van der Waals surface area contributed by atoms with Crippen LogP contribution in [0.1, 0.15) is 46.5 Å². The third kappa shape index (κ3) is 1.44. The summed E-state index contributed by atoms with van der Waals surface area (Å²) in [6, 6.07) is 0. The lowest BCUT2D eigenvalue weighted by atomic mass is 9.64. The van der Waals surface area contributed by atoms with Crippen molar-refractivity contribution in [1.29, 1.82) is 0 Å². The van der Waals surface area contributed by atoms with Crippen LogP contribution in [0.4, 0.5) is 0 Å². The van der Waals surface area contributed by atoms with Crippen molar-refractivity contribution in [3.8, 4) is 0 Å². The molecule has 2 aliphatic carbocycles. The largest absolute Gasteiger partial charge is 0.461 e. The molecule has 0 spiro atoms. The molecule has 0 amide bonds. The molecule has 3 aliphatic rings. The topological polar surface area (TPSA) is 66.8 Å². The fraction of sp³-hybridized carbons (Fsp3) is 0.933. The zero-order chi connectivity index (χ0) is 14.0. The van der Waals surface area contributed by atoms with E-state index in [0.29, 0.717) is 12.8 Å². The number of esters is 1. The molecule has 2 N–H and O–H groups in total. The Labute approximate surface area is 114 Å². The third-order valence-electron chi connectivity index (χ3n) is 6.41. The standard InChI is InChI=1S/C15H24O4/c1-8-4-5-10-9(2)13(17)19-12(10)14(3)11(16)6-7-15(8,14)18/h8-12,16,18H,4-7H2,1-3H3/t8-,9+,10-,11+,12+,14-,15+/m0/s1. The highest BCUT2D eigenvalue weighted by molar-refractivity contribution is 5.75. The third-order valence-corrected chi connectivity index (χ3v) is 6.41. The van der Waals surface area contributed by atoms with Crippen LogP contribution < -0.4 is 0 Å². The molecular formula is C15H24O4. The maximum absolute atomic E-state index is 11.9. The highest BCUT2D eigenvalue weighted by atomic mass is 16.6. The first-order valence-corrected chi connectivity index (χ1v) is 7.43. The lowest BCUT2D eigenvalue weighted by Gasteiger charge is -2.46. The summed E-state index contributed by atoms with van der Waals surface area (Å²) in [5, 5.41) is 21.6. The van der Waals surface area contributed by atoms with E-state index in [9.17, 15) is 15.0 Å². The summed E-state index contributed by atoms with van der Waals surface area (Å²) in [6.07, 6.45) is 2.03. The van der Waals surface area contributed by atoms with E-state index in [0.717, 1.165) is 12.8 Å². The molecule has 0 aromatic rings. The van der Waals surface area contributed by atoms with Crippen LogP contribution in [0, 0.1) is 23.2 Å². The van der Waals surface area contributed by atoms with Crippen LogP contribution >= 0.6 is 0 Å². The second-order valence-electron chi connectivity index (χ2n) is 7.05. The van der Waals surface area contributed by atoms with Crippen LogP contribution in [-0.2, 0) is 9.53 Å². The molecule has 1 aliphatic heterocycles. The zero-order valence-corrected chi connectivity index (χ0v) is 11.9. The van der Waals surface area contributed by atoms with Crippen molar-refractivity contribution >= 4 is 5.97 Å². The van der Waals surface area contributed by atoms with Crippen LogP contribution in [0.15, 0.2) is 0 Å². The summed E-state index contributed by atoms with van der Waals surface area (Å²) >= 11 is 0. The Morgan fingerprint density at radius 1 is 1.26 bits per heavy atom. The molecule has 0 aromatic heterocycles. The monoisotopic (exact) mass is 268 g/mol. The number of aliphatic hydroxyl groups is 2. The number of hydrogen-bond donors (Lipinski definition) is 2. The fourth-order valence-corrected chi connectivity index (χ4v) is 4.83. The van der Waals surface area contributed by atoms with E-state index in [1.807, 2.05) is 13.8 Å². The van der Waals surface area contributed by atoms with Gasteiger partial charge in [0, 0.05) is 5.92 Å². The van der Waals surface area contributed by atoms with Gasteiger partial charge in [-0.2, -0.15) is 0 Å². The van der Waals surface area contributed by atoms with Gasteiger partial charge >= 0.3 is 5.97 Å². The first-order chi connectivity index (χ1) is 8.82. The lowest BCUT2D eigenvalue weighted by Crippen LogP contribution is -2.57. The summed E-state index contributed by atoms with van der Waals surface area (Å²) in [4.78, 5) is 11.9. The predicted molar refractivity (Wildman–Crippen MR) is 69.2 cm³/mol. The second kappa shape index (κ2) is 3.95. The van der Waals surface area contributed by atoms with Gasteiger partial charge in [-0.1, -0.05) is 20.8 Å². The zero-order valence-electron chi connectivity index (χ0n) is 11.9. The average molecular weight is 268 g/mol. The molecule has 108 valence electrons. The van der Waals surface area contributed by atoms with Crippen LogP contribution in [0.25, 0.3) is 0 Å². The number of hydrogen-bond acceptors (Lipinski definition) is 4. The highest BCUT2D eigenvalue weighted by Gasteiger charge is 2.68. The van der Waals surface area contributed by atoms with Gasteiger partial charge in [0.1, 0.15) is 6.10 Å². The fourth-order valence-electron chi connectivity index (χ4n) is 4.83. The van der Waals surface area contributed by atoms with Gasteiger partial charge in [0.05, 0.1) is 23.0 Å². The van der Waals surface area contributed by atoms with Crippen molar-refractivity contribution in [2.75, 3.05) is 0 Å². The van der Waals surface area contributed by atoms with Crippen molar-refractivity contribution in [2.24, 2.45) is 23.2 Å². The Morgan fingerprint density at radius 3 is 2.63 bits per heavy atom. The summed E-state index contributed by atoms with van der Waals surface area (Å²) in [5.74, 6) is -0.0377. The van der Waals surface area contributed by atoms with E-state index in [-0.39, 0.29) is 29.8 Å². The summed E-state index contributed by atoms with van der Waals surface area (Å²) in [6.45, 7) is 5.88. The maximum atomic E-state index is 11.9. The smallest absolute Gasteiger partial charge is 0.309 e. The van der Waals surface area contributed by atoms with Crippen LogP contribution in [0.5, 0.6) is 0 Å². The number of aliphatic hydroxyl groups excluding tert-OH is 1. The lowest BCUT2D eigenvalue weighted by molar-refractivity contribution is -0.183. The number of fused-ring (bicyclic) bond motifs is 3. The van der Waals surface area contributed by atoms with Gasteiger partial charge in [-0.05, 0) is 31.6 Å². The van der Waals surface area contributed by atoms with Crippen molar-refractivity contribution in [2.45, 2.75) is 64.3 Å². The number of carbonyl (C=O) groups is 1. The predicted octanol–water partition coefficient (Wildman–Crippen LogP) is 1.49. The van der Waals surface area contributed by atoms with E-state index in [2.05, 4.69) is 6.92 Å². The Kier molecular flexibility index (Phi) is 2.78. The molecule has 2 saturated carbocycles. The Morgan fingerprint density at radius 2 is 1.95 bits per heavy atom. The van der Waals surface area contributed by atoms with Crippen LogP contribution in [0.3, 0.4) is 0 Å². The van der Waals surface area contributed by atoms with Crippen LogP contribution in [0.2, 0.25) is 0 Å². The SMILES string of the molecule is C[C@H]1C(=O)O[C@@H]2[C@H]1CC[C@H](C)[C@]1(O)CC[C@@H](O)[C@@]21C. The number of rotatable bonds is 0. The highest BCUT2D eigenvalue weighted by Crippen LogP contribution is 2.60. The molecule has 3 rings (SSSR count). The molecule has 0 aromatic carbocycles. The first-order valence-electron chi connectivity index (χ1n) is 7.43. The molecule has 4 nitrogen and oxygen atoms in total. The second-order valence-corrected chi connectivity index (χ2v) is 7.05. The molecule has 1 saturated heterocycles. The summed E-state index contributed by atoms with van der Waals surface area (Å²) < 4.78 is 5.60. The molecule has 19 heavy (non-hydrogen) atoms. The van der Waals surface area contributed by atoms with Crippen molar-refractivity contribution in [3.05, 3.63) is 0 Å². The molecule has 0 unspecified atom stereocenters. The van der Waals surface area contributed by atoms with Gasteiger partial charge in [-0.25, -0.2) is 0 Å². The average Bonchev–Trinajstić information content (AvgIpc) is 2.76. The Balaban J connectivity index is 2.09. The number of ether oxygens (including phenoxy) is 1. The van der Waals surface area contributed by atoms with Gasteiger partial charge < -0.3 is 14.9 Å². The molecule has 7 atom stereocenters. The van der Waals surface area contributed by atoms with Crippen molar-refractivity contribution in [1.82, 2.24) is 0 Å². The normalized spacial score (nSPS) is 57.3. The minimum atomic E-state index is -0.920. The van der Waals surface area contributed by atoms with E-state index in [1.54, 1.807) is 0 Å². The van der Waals surface area contributed by atoms with Gasteiger partial charge in [0.15, 0.2) is 0 Å². The Hall–Kier alpha value is -0.610. The molecule has 3 fully saturated rings. The van der Waals surface area contributed by atoms with Gasteiger partial charge in [0.25, 0.3) is 0 Å². The first kappa shape index (κ1) is 13.4. The van der Waals surface area contributed by atoms with E-state index in [1.165, 1.54) is 0 Å². The summed E-state index contributed by atoms with van der Waals surface area (Å²) in [7, 11) is 0. The molecule has 4 heteroatoms. The van der Waals surface area contributed by atoms with Gasteiger partial charge in [-0.3, -0.25) is 4.79 Å². The van der Waals surface area contributed by atoms with E-state index < -0.39 is 17.1 Å². The maximum Gasteiger partial charge on any atom is 0.309 e. The molecule has 0 bridgehead atoms. The van der Waals surface area contributed by atoms with Gasteiger partial charge in [-0.15, -0.1) is 0 Å². The van der Waals surface area contributed by atoms with E-state index in [4.69, 9.17) is 4.74 Å². The molecule has 0 radical (unpaired) electrons. The molecular weight excluding hydrogens is 244 g/mol. The van der Waals surface area contributed by atoms with Gasteiger partial charge in [0.2, 0.25) is 0 Å². The van der Waals surface area contributed by atoms with Crippen molar-refractivity contribution in [3.63, 3.8) is 0 Å². The Bertz CT molecular complexity index is 409. The minimum absolute atomic E-state index is 0.121. The van der Waals surface area contributed by atoms with E-state index >= 15 is 0 Å².